The van der Waals surface area contributed by atoms with Gasteiger partial charge in [-0.05, 0) is 0 Å². The lowest BCUT2D eigenvalue weighted by atomic mass is 10.8. The minimum absolute atomic E-state index is 0.125. The molecule has 14 heavy (non-hydrogen) atoms. The summed E-state index contributed by atoms with van der Waals surface area (Å²) in [5.74, 6) is -2.57. The quantitative estimate of drug-likeness (QED) is 0.507. The summed E-state index contributed by atoms with van der Waals surface area (Å²) in [6, 6.07) is 0. The van der Waals surface area contributed by atoms with Crippen molar-refractivity contribution in [2.24, 2.45) is 0 Å². The van der Waals surface area contributed by atoms with Crippen molar-refractivity contribution in [2.75, 3.05) is 25.0 Å². The number of rotatable bonds is 3. The van der Waals surface area contributed by atoms with E-state index in [9.17, 15) is 9.59 Å². The SMILES string of the molecule is O=C(O)CCl.O=C(O)CCl.OCCO. The number of carbonyl (C=O) groups is 2. The first-order valence-electron chi connectivity index (χ1n) is 3.23. The van der Waals surface area contributed by atoms with E-state index in [2.05, 4.69) is 0 Å². The van der Waals surface area contributed by atoms with Gasteiger partial charge in [-0.2, -0.15) is 0 Å². The molecule has 0 amide bonds. The van der Waals surface area contributed by atoms with Crippen molar-refractivity contribution >= 4 is 35.1 Å². The number of hydrogen-bond acceptors (Lipinski definition) is 4. The van der Waals surface area contributed by atoms with Gasteiger partial charge >= 0.3 is 11.9 Å². The third-order valence-electron chi connectivity index (χ3n) is 0.329. The van der Waals surface area contributed by atoms with Crippen LogP contribution in [0.25, 0.3) is 0 Å². The van der Waals surface area contributed by atoms with E-state index in [0.29, 0.717) is 0 Å². The highest BCUT2D eigenvalue weighted by molar-refractivity contribution is 6.26. The van der Waals surface area contributed by atoms with Crippen LogP contribution in [0, 0.1) is 0 Å². The molecule has 8 heteroatoms. The number of hydrogen-bond donors (Lipinski definition) is 4. The monoisotopic (exact) mass is 250 g/mol. The fraction of sp³-hybridized carbons (Fsp3) is 0.667. The van der Waals surface area contributed by atoms with Crippen LogP contribution in [0.2, 0.25) is 0 Å². The Labute approximate surface area is 90.7 Å². The Kier molecular flexibility index (Phi) is 24.9. The minimum Gasteiger partial charge on any atom is -0.480 e. The highest BCUT2D eigenvalue weighted by Gasteiger charge is 1.83. The summed E-state index contributed by atoms with van der Waals surface area (Å²) in [7, 11) is 0. The second-order valence-electron chi connectivity index (χ2n) is 1.50. The predicted molar refractivity (Wildman–Crippen MR) is 50.9 cm³/mol. The van der Waals surface area contributed by atoms with Gasteiger partial charge < -0.3 is 20.4 Å². The largest absolute Gasteiger partial charge is 0.480 e. The fourth-order valence-electron chi connectivity index (χ4n) is 0. The van der Waals surface area contributed by atoms with E-state index in [1.54, 1.807) is 0 Å². The van der Waals surface area contributed by atoms with Gasteiger partial charge in [0.2, 0.25) is 0 Å². The Bertz CT molecular complexity index is 124. The highest BCUT2D eigenvalue weighted by Crippen LogP contribution is 1.68. The van der Waals surface area contributed by atoms with E-state index in [4.69, 9.17) is 43.6 Å². The summed E-state index contributed by atoms with van der Waals surface area (Å²) < 4.78 is 0. The maximum Gasteiger partial charge on any atom is 0.318 e. The number of aliphatic hydroxyl groups is 2. The molecule has 0 saturated heterocycles. The Hall–Kier alpha value is -0.560. The number of alkyl halides is 2. The Balaban J connectivity index is -0.000000131. The predicted octanol–water partition coefficient (Wildman–Crippen LogP) is -0.409. The molecule has 0 fully saturated rings. The molecule has 0 spiro atoms. The first-order chi connectivity index (χ1) is 6.45. The molecule has 0 heterocycles. The van der Waals surface area contributed by atoms with Crippen LogP contribution in [0.1, 0.15) is 0 Å². The molecule has 0 aliphatic carbocycles. The molecular formula is C6H12Cl2O6. The summed E-state index contributed by atoms with van der Waals surface area (Å²) in [6.07, 6.45) is 0. The number of carboxylic acid groups (broad SMARTS) is 2. The van der Waals surface area contributed by atoms with E-state index < -0.39 is 11.9 Å². The molecular weight excluding hydrogens is 239 g/mol. The zero-order valence-corrected chi connectivity index (χ0v) is 8.70. The zero-order valence-electron chi connectivity index (χ0n) is 7.19. The van der Waals surface area contributed by atoms with Crippen molar-refractivity contribution in [1.82, 2.24) is 0 Å². The lowest BCUT2D eigenvalue weighted by Crippen LogP contribution is -1.92. The normalized spacial score (nSPS) is 7.43. The Morgan fingerprint density at radius 1 is 0.857 bits per heavy atom. The van der Waals surface area contributed by atoms with Crippen LogP contribution < -0.4 is 0 Å². The van der Waals surface area contributed by atoms with Crippen molar-refractivity contribution in [3.05, 3.63) is 0 Å². The molecule has 0 aliphatic heterocycles. The number of aliphatic hydroxyl groups excluding tert-OH is 2. The lowest BCUT2D eigenvalue weighted by Gasteiger charge is -1.70. The van der Waals surface area contributed by atoms with Crippen LogP contribution in [-0.2, 0) is 9.59 Å². The van der Waals surface area contributed by atoms with E-state index in [0.717, 1.165) is 0 Å². The topological polar surface area (TPSA) is 115 Å². The molecule has 86 valence electrons. The third kappa shape index (κ3) is 63.3. The maximum absolute atomic E-state index is 9.24. The van der Waals surface area contributed by atoms with Crippen molar-refractivity contribution < 1.29 is 30.0 Å². The molecule has 0 bridgehead atoms. The number of aliphatic carboxylic acids is 2. The summed E-state index contributed by atoms with van der Waals surface area (Å²) >= 11 is 9.47. The Morgan fingerprint density at radius 3 is 1.00 bits per heavy atom. The molecule has 0 aliphatic rings. The van der Waals surface area contributed by atoms with Crippen LogP contribution in [0.5, 0.6) is 0 Å². The summed E-state index contributed by atoms with van der Waals surface area (Å²) in [4.78, 5) is 18.5. The maximum atomic E-state index is 9.24. The first-order valence-corrected chi connectivity index (χ1v) is 4.30. The minimum atomic E-state index is -0.980. The molecule has 4 N–H and O–H groups in total. The molecule has 0 atom stereocenters. The van der Waals surface area contributed by atoms with Gasteiger partial charge in [0.05, 0.1) is 13.2 Å². The zero-order chi connectivity index (χ0) is 12.0. The van der Waals surface area contributed by atoms with Crippen LogP contribution in [-0.4, -0.2) is 57.3 Å². The molecule has 0 rings (SSSR count). The van der Waals surface area contributed by atoms with Crippen LogP contribution in [0.4, 0.5) is 0 Å². The number of halogens is 2. The van der Waals surface area contributed by atoms with E-state index in [-0.39, 0.29) is 25.0 Å². The van der Waals surface area contributed by atoms with Crippen molar-refractivity contribution in [1.29, 1.82) is 0 Å². The van der Waals surface area contributed by atoms with Crippen LogP contribution in [0.15, 0.2) is 0 Å². The van der Waals surface area contributed by atoms with Crippen molar-refractivity contribution in [3.8, 4) is 0 Å². The van der Waals surface area contributed by atoms with E-state index in [1.807, 2.05) is 0 Å². The molecule has 0 aromatic carbocycles. The van der Waals surface area contributed by atoms with E-state index in [1.165, 1.54) is 0 Å². The average molecular weight is 251 g/mol. The molecule has 6 nitrogen and oxygen atoms in total. The summed E-state index contributed by atoms with van der Waals surface area (Å²) in [6.45, 7) is -0.250. The molecule has 0 saturated carbocycles. The lowest BCUT2D eigenvalue weighted by molar-refractivity contribution is -0.135. The van der Waals surface area contributed by atoms with Gasteiger partial charge in [0, 0.05) is 0 Å². The molecule has 0 aromatic heterocycles. The molecule has 0 radical (unpaired) electrons. The summed E-state index contributed by atoms with van der Waals surface area (Å²) in [5.41, 5.74) is 0. The first kappa shape index (κ1) is 19.1. The van der Waals surface area contributed by atoms with Gasteiger partial charge in [-0.1, -0.05) is 0 Å². The van der Waals surface area contributed by atoms with Crippen molar-refractivity contribution in [2.45, 2.75) is 0 Å². The highest BCUT2D eigenvalue weighted by atomic mass is 35.5. The fourth-order valence-corrected chi connectivity index (χ4v) is 0. The van der Waals surface area contributed by atoms with Crippen LogP contribution >= 0.6 is 23.2 Å². The van der Waals surface area contributed by atoms with Crippen molar-refractivity contribution in [3.63, 3.8) is 0 Å². The standard InChI is InChI=1S/2C2H3ClO2.C2H6O2/c2*3-1-2(4)5;3-1-2-4/h2*1H2,(H,4,5);3-4H,1-2H2. The average Bonchev–Trinajstić information content (AvgIpc) is 2.19. The smallest absolute Gasteiger partial charge is 0.318 e. The third-order valence-corrected chi connectivity index (χ3v) is 0.786. The molecule has 0 aromatic rings. The number of carboxylic acids is 2. The van der Waals surface area contributed by atoms with Gasteiger partial charge in [0.25, 0.3) is 0 Å². The van der Waals surface area contributed by atoms with Gasteiger partial charge in [-0.15, -0.1) is 23.2 Å². The molecule has 0 unspecified atom stereocenters. The van der Waals surface area contributed by atoms with Crippen LogP contribution in [0.3, 0.4) is 0 Å². The van der Waals surface area contributed by atoms with Gasteiger partial charge in [-0.3, -0.25) is 9.59 Å². The van der Waals surface area contributed by atoms with E-state index >= 15 is 0 Å². The Morgan fingerprint density at radius 2 is 1.00 bits per heavy atom. The van der Waals surface area contributed by atoms with Gasteiger partial charge in [-0.25, -0.2) is 0 Å². The van der Waals surface area contributed by atoms with Gasteiger partial charge in [0.15, 0.2) is 0 Å². The second kappa shape index (κ2) is 18.3. The second-order valence-corrected chi connectivity index (χ2v) is 2.04. The van der Waals surface area contributed by atoms with Gasteiger partial charge in [0.1, 0.15) is 11.8 Å². The summed E-state index contributed by atoms with van der Waals surface area (Å²) in [5, 5.41) is 30.4.